The van der Waals surface area contributed by atoms with E-state index in [4.69, 9.17) is 17.3 Å². The van der Waals surface area contributed by atoms with E-state index in [2.05, 4.69) is 20.0 Å². The molecule has 4 aromatic rings. The van der Waals surface area contributed by atoms with Gasteiger partial charge >= 0.3 is 18.0 Å². The van der Waals surface area contributed by atoms with E-state index >= 15 is 0 Å². The van der Waals surface area contributed by atoms with Crippen molar-refractivity contribution in [3.05, 3.63) is 115 Å². The van der Waals surface area contributed by atoms with Crippen molar-refractivity contribution in [3.8, 4) is 5.75 Å². The zero-order valence-electron chi connectivity index (χ0n) is 22.0. The van der Waals surface area contributed by atoms with Crippen LogP contribution in [0, 0.1) is 5.82 Å². The van der Waals surface area contributed by atoms with Crippen LogP contribution in [0.2, 0.25) is 5.02 Å². The number of nitrogens with two attached hydrogens (primary N) is 1. The molecular formula is C28H25ClF3N7O3. The highest BCUT2D eigenvalue weighted by atomic mass is 35.5. The molecule has 0 spiro atoms. The maximum atomic E-state index is 13.6. The number of fused-ring (bicyclic) bond motifs is 1. The number of aliphatic imine (C=N–C) groups is 1. The van der Waals surface area contributed by atoms with E-state index in [-0.39, 0.29) is 31.3 Å². The van der Waals surface area contributed by atoms with Gasteiger partial charge in [-0.1, -0.05) is 35.9 Å². The highest BCUT2D eigenvalue weighted by Gasteiger charge is 2.19. The third-order valence-electron chi connectivity index (χ3n) is 6.52. The van der Waals surface area contributed by atoms with Crippen molar-refractivity contribution in [1.82, 2.24) is 19.0 Å². The molecule has 1 aliphatic heterocycles. The fourth-order valence-corrected chi connectivity index (χ4v) is 4.63. The highest BCUT2D eigenvalue weighted by molar-refractivity contribution is 6.30. The summed E-state index contributed by atoms with van der Waals surface area (Å²) in [6.07, 6.45) is 0. The molecule has 5 rings (SSSR count). The van der Waals surface area contributed by atoms with Crippen molar-refractivity contribution >= 4 is 29.2 Å². The Labute approximate surface area is 242 Å². The van der Waals surface area contributed by atoms with Gasteiger partial charge in [0.05, 0.1) is 18.8 Å². The summed E-state index contributed by atoms with van der Waals surface area (Å²) >= 11 is 6.12. The van der Waals surface area contributed by atoms with Crippen molar-refractivity contribution in [2.75, 3.05) is 18.4 Å². The Hall–Kier alpha value is -4.78. The van der Waals surface area contributed by atoms with Crippen LogP contribution in [0.5, 0.6) is 5.75 Å². The Balaban J connectivity index is 1.39. The van der Waals surface area contributed by atoms with E-state index in [1.54, 1.807) is 12.1 Å². The number of guanidine groups is 1. The van der Waals surface area contributed by atoms with Gasteiger partial charge in [0, 0.05) is 24.7 Å². The van der Waals surface area contributed by atoms with Crippen LogP contribution in [0.15, 0.2) is 81.3 Å². The molecule has 42 heavy (non-hydrogen) atoms. The van der Waals surface area contributed by atoms with Crippen LogP contribution in [-0.2, 0) is 19.6 Å². The van der Waals surface area contributed by atoms with Crippen LogP contribution in [-0.4, -0.2) is 44.7 Å². The Morgan fingerprint density at radius 1 is 0.976 bits per heavy atom. The molecule has 3 N–H and O–H groups in total. The second kappa shape index (κ2) is 12.4. The van der Waals surface area contributed by atoms with Gasteiger partial charge in [-0.3, -0.25) is 4.57 Å². The number of hydrogen-bond acceptors (Lipinski definition) is 8. The number of aromatic nitrogens is 3. The van der Waals surface area contributed by atoms with Crippen LogP contribution in [0.1, 0.15) is 16.7 Å². The normalized spacial score (nSPS) is 12.7. The molecule has 0 radical (unpaired) electrons. The van der Waals surface area contributed by atoms with Gasteiger partial charge in [-0.25, -0.2) is 23.5 Å². The predicted molar refractivity (Wildman–Crippen MR) is 152 cm³/mol. The molecule has 3 aromatic carbocycles. The molecule has 0 bridgehead atoms. The molecular weight excluding hydrogens is 575 g/mol. The van der Waals surface area contributed by atoms with E-state index in [9.17, 15) is 22.8 Å². The van der Waals surface area contributed by atoms with Gasteiger partial charge < -0.3 is 20.7 Å². The van der Waals surface area contributed by atoms with E-state index in [1.807, 2.05) is 11.0 Å². The lowest BCUT2D eigenvalue weighted by Crippen LogP contribution is -2.44. The van der Waals surface area contributed by atoms with Crippen LogP contribution in [0.4, 0.5) is 24.8 Å². The fraction of sp³-hybridized carbons (Fsp3) is 0.214. The average Bonchev–Trinajstić information content (AvgIpc) is 2.95. The molecule has 1 aliphatic rings. The summed E-state index contributed by atoms with van der Waals surface area (Å²) in [6.45, 7) is -2.09. The number of alkyl halides is 2. The van der Waals surface area contributed by atoms with Crippen molar-refractivity contribution in [2.45, 2.75) is 26.2 Å². The topological polar surface area (TPSA) is 120 Å². The second-order valence-corrected chi connectivity index (χ2v) is 9.85. The quantitative estimate of drug-likeness (QED) is 0.285. The Kier molecular flexibility index (Phi) is 8.48. The van der Waals surface area contributed by atoms with E-state index in [0.717, 1.165) is 15.8 Å². The summed E-state index contributed by atoms with van der Waals surface area (Å²) in [6, 6.07) is 16.5. The van der Waals surface area contributed by atoms with Gasteiger partial charge in [0.1, 0.15) is 11.6 Å². The van der Waals surface area contributed by atoms with Crippen molar-refractivity contribution in [1.29, 1.82) is 0 Å². The van der Waals surface area contributed by atoms with Crippen LogP contribution in [0.3, 0.4) is 0 Å². The summed E-state index contributed by atoms with van der Waals surface area (Å²) in [5, 5.41) is 3.62. The molecule has 0 fully saturated rings. The number of rotatable bonds is 10. The molecule has 0 aliphatic carbocycles. The first-order valence-corrected chi connectivity index (χ1v) is 13.2. The number of anilines is 1. The van der Waals surface area contributed by atoms with Crippen molar-refractivity contribution in [2.24, 2.45) is 10.7 Å². The zero-order chi connectivity index (χ0) is 29.8. The summed E-state index contributed by atoms with van der Waals surface area (Å²) in [4.78, 5) is 36.8. The molecule has 14 heteroatoms. The molecule has 0 saturated carbocycles. The van der Waals surface area contributed by atoms with Crippen LogP contribution >= 0.6 is 11.6 Å². The van der Waals surface area contributed by atoms with Crippen LogP contribution < -0.4 is 27.2 Å². The minimum atomic E-state index is -2.97. The highest BCUT2D eigenvalue weighted by Crippen LogP contribution is 2.28. The lowest BCUT2D eigenvalue weighted by Gasteiger charge is -2.28. The predicted octanol–water partition coefficient (Wildman–Crippen LogP) is 3.77. The molecule has 218 valence electrons. The van der Waals surface area contributed by atoms with E-state index in [1.165, 1.54) is 53.1 Å². The van der Waals surface area contributed by atoms with Gasteiger partial charge in [0.2, 0.25) is 5.95 Å². The summed E-state index contributed by atoms with van der Waals surface area (Å²) in [5.74, 6) is -0.184. The third kappa shape index (κ3) is 6.74. The maximum Gasteiger partial charge on any atom is 0.387 e. The Morgan fingerprint density at radius 3 is 2.33 bits per heavy atom. The standard InChI is InChI=1S/C28H25ClF3N7O3/c29-20-5-10-23-19(13-20)16-37(25(33)35-23)12-11-34-26-36-27(40)39(15-17-1-6-21(30)7-2-17)28(41)38(26)14-18-3-8-22(9-4-18)42-24(31)32/h1-10,13,24H,11-12,14-16H2,(H2,33,35)(H,34,36,40). The first kappa shape index (κ1) is 28.7. The minimum absolute atomic E-state index is 0.00391. The minimum Gasteiger partial charge on any atom is -0.435 e. The van der Waals surface area contributed by atoms with E-state index < -0.39 is 23.8 Å². The average molecular weight is 600 g/mol. The zero-order valence-corrected chi connectivity index (χ0v) is 22.8. The van der Waals surface area contributed by atoms with E-state index in [0.29, 0.717) is 35.2 Å². The van der Waals surface area contributed by atoms with Crippen LogP contribution in [0.25, 0.3) is 0 Å². The largest absolute Gasteiger partial charge is 0.435 e. The summed E-state index contributed by atoms with van der Waals surface area (Å²) in [7, 11) is 0. The number of halogens is 4. The van der Waals surface area contributed by atoms with Crippen molar-refractivity contribution in [3.63, 3.8) is 0 Å². The first-order chi connectivity index (χ1) is 20.2. The molecule has 10 nitrogen and oxygen atoms in total. The number of benzene rings is 3. The molecule has 0 atom stereocenters. The van der Waals surface area contributed by atoms with Gasteiger partial charge in [0.15, 0.2) is 5.96 Å². The Bertz CT molecular complexity index is 1730. The van der Waals surface area contributed by atoms with Gasteiger partial charge in [-0.2, -0.15) is 13.8 Å². The van der Waals surface area contributed by atoms with Gasteiger partial charge in [0.25, 0.3) is 0 Å². The Morgan fingerprint density at radius 2 is 1.64 bits per heavy atom. The number of hydrogen-bond donors (Lipinski definition) is 2. The second-order valence-electron chi connectivity index (χ2n) is 9.41. The molecule has 0 saturated heterocycles. The number of nitrogens with one attached hydrogen (secondary N) is 1. The third-order valence-corrected chi connectivity index (χ3v) is 6.75. The summed E-state index contributed by atoms with van der Waals surface area (Å²) in [5.41, 5.74) is 7.40. The molecule has 0 amide bonds. The fourth-order valence-electron chi connectivity index (χ4n) is 4.44. The summed E-state index contributed by atoms with van der Waals surface area (Å²) < 4.78 is 45.1. The van der Waals surface area contributed by atoms with Gasteiger partial charge in [-0.15, -0.1) is 0 Å². The number of nitrogens with zero attached hydrogens (tertiary/aromatic N) is 5. The first-order valence-electron chi connectivity index (χ1n) is 12.8. The molecule has 2 heterocycles. The SMILES string of the molecule is NC1=Nc2ccc(Cl)cc2CN1CCNc1nc(=O)n(Cc2ccc(F)cc2)c(=O)n1Cc1ccc(OC(F)F)cc1. The molecule has 0 unspecified atom stereocenters. The molecule has 1 aromatic heterocycles. The number of ether oxygens (including phenoxy) is 1. The van der Waals surface area contributed by atoms with Gasteiger partial charge in [-0.05, 0) is 59.2 Å². The maximum absolute atomic E-state index is 13.6. The monoisotopic (exact) mass is 599 g/mol. The lowest BCUT2D eigenvalue weighted by atomic mass is 10.1. The smallest absolute Gasteiger partial charge is 0.387 e. The van der Waals surface area contributed by atoms with Crippen molar-refractivity contribution < 1.29 is 17.9 Å². The lowest BCUT2D eigenvalue weighted by molar-refractivity contribution is -0.0498.